The van der Waals surface area contributed by atoms with Gasteiger partial charge in [-0.25, -0.2) is 9.50 Å². The third kappa shape index (κ3) is 3.94. The number of para-hydroxylation sites is 1. The van der Waals surface area contributed by atoms with Crippen LogP contribution in [0.5, 0.6) is 11.5 Å². The van der Waals surface area contributed by atoms with Crippen LogP contribution >= 0.6 is 0 Å². The predicted molar refractivity (Wildman–Crippen MR) is 128 cm³/mol. The van der Waals surface area contributed by atoms with Crippen LogP contribution in [0, 0.1) is 6.92 Å². The molecule has 0 aliphatic rings. The van der Waals surface area contributed by atoms with Gasteiger partial charge in [-0.2, -0.15) is 5.10 Å². The Morgan fingerprint density at radius 2 is 1.85 bits per heavy atom. The van der Waals surface area contributed by atoms with Gasteiger partial charge in [-0.15, -0.1) is 0 Å². The number of aryl methyl sites for hydroxylation is 1. The van der Waals surface area contributed by atoms with Crippen LogP contribution in [0.2, 0.25) is 0 Å². The molecule has 2 aromatic carbocycles. The largest absolute Gasteiger partial charge is 0.497 e. The van der Waals surface area contributed by atoms with Gasteiger partial charge in [0, 0.05) is 18.0 Å². The lowest BCUT2D eigenvalue weighted by atomic mass is 10.1. The molecule has 0 amide bonds. The monoisotopic (exact) mass is 456 g/mol. The van der Waals surface area contributed by atoms with Gasteiger partial charge in [0.2, 0.25) is 5.89 Å². The molecule has 0 unspecified atom stereocenters. The number of nitrogens with zero attached hydrogens (tertiary/aromatic N) is 4. The maximum absolute atomic E-state index is 13.2. The summed E-state index contributed by atoms with van der Waals surface area (Å²) in [5, 5.41) is 4.55. The van der Waals surface area contributed by atoms with E-state index in [-0.39, 0.29) is 12.1 Å². The number of hydrogen-bond acceptors (Lipinski definition) is 6. The second kappa shape index (κ2) is 8.90. The van der Waals surface area contributed by atoms with E-state index < -0.39 is 0 Å². The summed E-state index contributed by atoms with van der Waals surface area (Å²) < 4.78 is 20.1. The number of ether oxygens (including phenoxy) is 2. The second-order valence-electron chi connectivity index (χ2n) is 7.77. The maximum atomic E-state index is 13.2. The molecule has 0 fully saturated rings. The molecule has 3 aromatic heterocycles. The van der Waals surface area contributed by atoms with Gasteiger partial charge in [-0.3, -0.25) is 4.79 Å². The SMILES string of the molecule is CCOc1ccccc1-c1nc(Cn2ccn3nc(-c4ccc(OC)cc4)cc3c2=O)c(C)o1. The van der Waals surface area contributed by atoms with E-state index in [0.717, 1.165) is 16.9 Å². The van der Waals surface area contributed by atoms with Crippen molar-refractivity contribution in [2.45, 2.75) is 20.4 Å². The number of oxazole rings is 1. The fourth-order valence-corrected chi connectivity index (χ4v) is 3.83. The van der Waals surface area contributed by atoms with Crippen molar-refractivity contribution < 1.29 is 13.9 Å². The molecule has 5 aromatic rings. The van der Waals surface area contributed by atoms with E-state index in [1.54, 1.807) is 34.7 Å². The predicted octanol–water partition coefficient (Wildman–Crippen LogP) is 4.58. The molecule has 0 saturated heterocycles. The third-order valence-corrected chi connectivity index (χ3v) is 5.62. The summed E-state index contributed by atoms with van der Waals surface area (Å²) in [5.74, 6) is 2.60. The Kier molecular flexibility index (Phi) is 5.63. The first-order valence-corrected chi connectivity index (χ1v) is 11.0. The Morgan fingerprint density at radius 3 is 2.62 bits per heavy atom. The summed E-state index contributed by atoms with van der Waals surface area (Å²) in [4.78, 5) is 17.9. The van der Waals surface area contributed by atoms with Crippen molar-refractivity contribution >= 4 is 5.52 Å². The molecule has 0 atom stereocenters. The fourth-order valence-electron chi connectivity index (χ4n) is 3.83. The highest BCUT2D eigenvalue weighted by Gasteiger charge is 2.17. The molecule has 0 aliphatic heterocycles. The first-order valence-electron chi connectivity index (χ1n) is 11.0. The number of methoxy groups -OCH3 is 1. The van der Waals surface area contributed by atoms with Crippen molar-refractivity contribution in [3.8, 4) is 34.2 Å². The third-order valence-electron chi connectivity index (χ3n) is 5.62. The Labute approximate surface area is 196 Å². The topological polar surface area (TPSA) is 83.8 Å². The van der Waals surface area contributed by atoms with E-state index in [2.05, 4.69) is 10.1 Å². The number of aromatic nitrogens is 4. The lowest BCUT2D eigenvalue weighted by molar-refractivity contribution is 0.340. The van der Waals surface area contributed by atoms with Crippen LogP contribution < -0.4 is 15.0 Å². The molecule has 172 valence electrons. The lowest BCUT2D eigenvalue weighted by Gasteiger charge is -2.06. The van der Waals surface area contributed by atoms with E-state index in [4.69, 9.17) is 13.9 Å². The van der Waals surface area contributed by atoms with Crippen molar-refractivity contribution in [1.29, 1.82) is 0 Å². The average molecular weight is 457 g/mol. The smallest absolute Gasteiger partial charge is 0.276 e. The van der Waals surface area contributed by atoms with E-state index >= 15 is 0 Å². The summed E-state index contributed by atoms with van der Waals surface area (Å²) in [6, 6.07) is 17.0. The Hall–Kier alpha value is -4.33. The molecule has 8 nitrogen and oxygen atoms in total. The molecule has 0 radical (unpaired) electrons. The summed E-state index contributed by atoms with van der Waals surface area (Å²) in [5.41, 5.74) is 3.40. The normalized spacial score (nSPS) is 11.1. The van der Waals surface area contributed by atoms with Gasteiger partial charge < -0.3 is 18.5 Å². The highest BCUT2D eigenvalue weighted by molar-refractivity contribution is 5.66. The summed E-state index contributed by atoms with van der Waals surface area (Å²) in [7, 11) is 1.62. The van der Waals surface area contributed by atoms with Crippen LogP contribution in [0.1, 0.15) is 18.4 Å². The lowest BCUT2D eigenvalue weighted by Crippen LogP contribution is -2.22. The Morgan fingerprint density at radius 1 is 1.06 bits per heavy atom. The molecule has 0 aliphatic carbocycles. The first kappa shape index (κ1) is 21.5. The van der Waals surface area contributed by atoms with E-state index in [1.165, 1.54) is 0 Å². The van der Waals surface area contributed by atoms with Crippen LogP contribution in [0.4, 0.5) is 0 Å². The molecule has 5 rings (SSSR count). The number of benzene rings is 2. The average Bonchev–Trinajstić information content (AvgIpc) is 3.46. The first-order chi connectivity index (χ1) is 16.6. The highest BCUT2D eigenvalue weighted by Crippen LogP contribution is 2.30. The molecule has 0 saturated carbocycles. The Balaban J connectivity index is 1.47. The van der Waals surface area contributed by atoms with Crippen LogP contribution in [0.15, 0.2) is 76.2 Å². The van der Waals surface area contributed by atoms with Crippen LogP contribution in [0.25, 0.3) is 28.2 Å². The summed E-state index contributed by atoms with van der Waals surface area (Å²) in [6.45, 7) is 4.61. The zero-order valence-electron chi connectivity index (χ0n) is 19.2. The minimum absolute atomic E-state index is 0.159. The molecule has 3 heterocycles. The molecule has 0 N–H and O–H groups in total. The maximum Gasteiger partial charge on any atom is 0.276 e. The van der Waals surface area contributed by atoms with Crippen LogP contribution in [-0.2, 0) is 6.54 Å². The minimum atomic E-state index is -0.159. The molecule has 8 heteroatoms. The van der Waals surface area contributed by atoms with Gasteiger partial charge in [-0.1, -0.05) is 12.1 Å². The zero-order valence-corrected chi connectivity index (χ0v) is 19.2. The van der Waals surface area contributed by atoms with E-state index in [0.29, 0.717) is 40.9 Å². The molecule has 34 heavy (non-hydrogen) atoms. The Bertz CT molecular complexity index is 1510. The number of rotatable bonds is 7. The van der Waals surface area contributed by atoms with Crippen molar-refractivity contribution in [1.82, 2.24) is 19.2 Å². The molecule has 0 spiro atoms. The molecular weight excluding hydrogens is 432 g/mol. The molecule has 0 bridgehead atoms. The van der Waals surface area contributed by atoms with Gasteiger partial charge in [0.25, 0.3) is 5.56 Å². The van der Waals surface area contributed by atoms with Crippen molar-refractivity contribution in [2.75, 3.05) is 13.7 Å². The fraction of sp³-hybridized carbons (Fsp3) is 0.192. The summed E-state index contributed by atoms with van der Waals surface area (Å²) >= 11 is 0. The van der Waals surface area contributed by atoms with Crippen molar-refractivity contribution in [3.63, 3.8) is 0 Å². The molecular formula is C26H24N4O4. The van der Waals surface area contributed by atoms with Crippen LogP contribution in [0.3, 0.4) is 0 Å². The second-order valence-corrected chi connectivity index (χ2v) is 7.77. The highest BCUT2D eigenvalue weighted by atomic mass is 16.5. The van der Waals surface area contributed by atoms with Gasteiger partial charge in [0.15, 0.2) is 0 Å². The van der Waals surface area contributed by atoms with Gasteiger partial charge in [0.1, 0.15) is 28.5 Å². The quantitative estimate of drug-likeness (QED) is 0.356. The van der Waals surface area contributed by atoms with E-state index in [9.17, 15) is 4.79 Å². The van der Waals surface area contributed by atoms with Crippen LogP contribution in [-0.4, -0.2) is 32.9 Å². The number of hydrogen-bond donors (Lipinski definition) is 0. The summed E-state index contributed by atoms with van der Waals surface area (Å²) in [6.07, 6.45) is 3.48. The zero-order chi connectivity index (χ0) is 23.7. The standard InChI is InChI=1S/C26H24N4O4/c1-4-33-24-8-6-5-7-20(24)25-27-22(17(2)34-25)16-29-13-14-30-23(26(29)31)15-21(28-30)18-9-11-19(32-3)12-10-18/h5-15H,4,16H2,1-3H3. The minimum Gasteiger partial charge on any atom is -0.497 e. The number of fused-ring (bicyclic) bond motifs is 1. The van der Waals surface area contributed by atoms with Crippen molar-refractivity contribution in [2.24, 2.45) is 0 Å². The van der Waals surface area contributed by atoms with Gasteiger partial charge in [0.05, 0.1) is 31.5 Å². The van der Waals surface area contributed by atoms with Gasteiger partial charge >= 0.3 is 0 Å². The van der Waals surface area contributed by atoms with E-state index in [1.807, 2.05) is 62.4 Å². The van der Waals surface area contributed by atoms with Crippen molar-refractivity contribution in [3.05, 3.63) is 88.8 Å². The van der Waals surface area contributed by atoms with Gasteiger partial charge in [-0.05, 0) is 56.3 Å².